The van der Waals surface area contributed by atoms with Crippen LogP contribution in [0.25, 0.3) is 0 Å². The van der Waals surface area contributed by atoms with E-state index in [2.05, 4.69) is 37.7 Å². The standard InChI is InChI=1S/C12H20N8/c1-19-4-6-20(7-5-19)10-3-2-9(8-15-10)12(14)16-11(13)17-18-12/h2-3,8,18H,4-7,14H2,1H3,(H3,13,16,17). The summed E-state index contributed by atoms with van der Waals surface area (Å²) in [4.78, 5) is 13.2. The van der Waals surface area contributed by atoms with Gasteiger partial charge in [-0.3, -0.25) is 11.2 Å². The number of hydrogen-bond donors (Lipinski definition) is 4. The normalized spacial score (nSPS) is 27.3. The van der Waals surface area contributed by atoms with Gasteiger partial charge in [-0.1, -0.05) is 0 Å². The molecule has 2 aliphatic heterocycles. The van der Waals surface area contributed by atoms with Crippen LogP contribution in [0.3, 0.4) is 0 Å². The van der Waals surface area contributed by atoms with E-state index in [1.807, 2.05) is 12.1 Å². The van der Waals surface area contributed by atoms with Crippen molar-refractivity contribution in [1.29, 1.82) is 0 Å². The van der Waals surface area contributed by atoms with Crippen LogP contribution in [0.15, 0.2) is 23.3 Å². The lowest BCUT2D eigenvalue weighted by Crippen LogP contribution is -2.50. The summed E-state index contributed by atoms with van der Waals surface area (Å²) in [6.45, 7) is 4.08. The number of piperazine rings is 1. The van der Waals surface area contributed by atoms with E-state index in [9.17, 15) is 0 Å². The Kier molecular flexibility index (Phi) is 3.20. The highest BCUT2D eigenvalue weighted by molar-refractivity contribution is 5.79. The molecule has 0 bridgehead atoms. The van der Waals surface area contributed by atoms with Crippen molar-refractivity contribution in [2.24, 2.45) is 16.5 Å². The van der Waals surface area contributed by atoms with Gasteiger partial charge >= 0.3 is 0 Å². The summed E-state index contributed by atoms with van der Waals surface area (Å²) in [6, 6.07) is 3.90. The van der Waals surface area contributed by atoms with Gasteiger partial charge in [-0.15, -0.1) is 0 Å². The monoisotopic (exact) mass is 276 g/mol. The fourth-order valence-electron chi connectivity index (χ4n) is 2.38. The van der Waals surface area contributed by atoms with E-state index < -0.39 is 5.79 Å². The number of nitrogens with two attached hydrogens (primary N) is 2. The molecule has 1 fully saturated rings. The van der Waals surface area contributed by atoms with Gasteiger partial charge in [-0.25, -0.2) is 9.98 Å². The molecule has 0 spiro atoms. The van der Waals surface area contributed by atoms with Crippen molar-refractivity contribution in [3.63, 3.8) is 0 Å². The van der Waals surface area contributed by atoms with Crippen molar-refractivity contribution < 1.29 is 0 Å². The number of pyridine rings is 1. The van der Waals surface area contributed by atoms with E-state index in [0.717, 1.165) is 37.6 Å². The van der Waals surface area contributed by atoms with Gasteiger partial charge in [0, 0.05) is 37.9 Å². The van der Waals surface area contributed by atoms with Crippen LogP contribution < -0.4 is 27.2 Å². The van der Waals surface area contributed by atoms with Gasteiger partial charge in [-0.2, -0.15) is 5.43 Å². The zero-order valence-corrected chi connectivity index (χ0v) is 11.5. The maximum Gasteiger partial charge on any atom is 0.210 e. The summed E-state index contributed by atoms with van der Waals surface area (Å²) >= 11 is 0. The number of nitrogens with zero attached hydrogens (tertiary/aromatic N) is 4. The Morgan fingerprint density at radius 3 is 2.55 bits per heavy atom. The second kappa shape index (κ2) is 4.89. The molecule has 0 aromatic carbocycles. The van der Waals surface area contributed by atoms with E-state index >= 15 is 0 Å². The molecule has 8 nitrogen and oxygen atoms in total. The number of nitrogens with one attached hydrogen (secondary N) is 2. The average molecular weight is 276 g/mol. The smallest absolute Gasteiger partial charge is 0.210 e. The molecule has 3 heterocycles. The van der Waals surface area contributed by atoms with Gasteiger partial charge in [0.1, 0.15) is 5.82 Å². The van der Waals surface area contributed by atoms with Gasteiger partial charge in [-0.05, 0) is 19.2 Å². The summed E-state index contributed by atoms with van der Waals surface area (Å²) in [6.07, 6.45) is 1.74. The van der Waals surface area contributed by atoms with Gasteiger partial charge in [0.2, 0.25) is 11.7 Å². The third-order valence-corrected chi connectivity index (χ3v) is 3.69. The molecule has 1 aromatic rings. The van der Waals surface area contributed by atoms with Crippen LogP contribution in [-0.2, 0) is 5.79 Å². The number of aliphatic imine (C=N–C) groups is 1. The first-order valence-corrected chi connectivity index (χ1v) is 6.64. The Morgan fingerprint density at radius 1 is 1.25 bits per heavy atom. The van der Waals surface area contributed by atoms with Gasteiger partial charge < -0.3 is 15.5 Å². The van der Waals surface area contributed by atoms with Gasteiger partial charge in [0.15, 0.2) is 0 Å². The van der Waals surface area contributed by atoms with E-state index in [1.165, 1.54) is 0 Å². The summed E-state index contributed by atoms with van der Waals surface area (Å²) in [5, 5.41) is 0. The van der Waals surface area contributed by atoms with E-state index in [4.69, 9.17) is 11.5 Å². The Hall–Kier alpha value is -1.90. The summed E-state index contributed by atoms with van der Waals surface area (Å²) in [7, 11) is 2.13. The molecule has 1 unspecified atom stereocenters. The third-order valence-electron chi connectivity index (χ3n) is 3.69. The molecule has 3 rings (SSSR count). The summed E-state index contributed by atoms with van der Waals surface area (Å²) in [5.41, 5.74) is 18.0. The number of rotatable bonds is 2. The Labute approximate surface area is 117 Å². The van der Waals surface area contributed by atoms with Crippen LogP contribution in [0.4, 0.5) is 5.82 Å². The number of aromatic nitrogens is 1. The zero-order valence-electron chi connectivity index (χ0n) is 11.5. The van der Waals surface area contributed by atoms with Crippen LogP contribution >= 0.6 is 0 Å². The Bertz CT molecular complexity index is 505. The lowest BCUT2D eigenvalue weighted by Gasteiger charge is -2.33. The first kappa shape index (κ1) is 13.1. The fraction of sp³-hybridized carbons (Fsp3) is 0.500. The minimum Gasteiger partial charge on any atom is -0.369 e. The maximum atomic E-state index is 6.12. The first-order valence-electron chi connectivity index (χ1n) is 6.64. The topological polar surface area (TPSA) is 108 Å². The molecule has 0 radical (unpaired) electrons. The third kappa shape index (κ3) is 2.40. The number of likely N-dealkylation sites (N-methyl/N-ethyl adjacent to an activating group) is 1. The minimum atomic E-state index is -1.04. The van der Waals surface area contributed by atoms with Crippen LogP contribution in [0.1, 0.15) is 5.56 Å². The Balaban J connectivity index is 1.75. The molecule has 6 N–H and O–H groups in total. The van der Waals surface area contributed by atoms with Gasteiger partial charge in [0.05, 0.1) is 0 Å². The Morgan fingerprint density at radius 2 is 2.00 bits per heavy atom. The first-order chi connectivity index (χ1) is 9.57. The number of hydrogen-bond acceptors (Lipinski definition) is 8. The molecular weight excluding hydrogens is 256 g/mol. The molecular formula is C12H20N8. The molecule has 8 heteroatoms. The van der Waals surface area contributed by atoms with Crippen LogP contribution in [0.2, 0.25) is 0 Å². The van der Waals surface area contributed by atoms with Crippen LogP contribution in [-0.4, -0.2) is 49.1 Å². The molecule has 1 aromatic heterocycles. The molecule has 0 amide bonds. The fourth-order valence-corrected chi connectivity index (χ4v) is 2.38. The van der Waals surface area contributed by atoms with E-state index in [0.29, 0.717) is 0 Å². The molecule has 1 atom stereocenters. The minimum absolute atomic E-state index is 0.274. The molecule has 108 valence electrons. The van der Waals surface area contributed by atoms with Crippen molar-refractivity contribution in [2.75, 3.05) is 38.1 Å². The zero-order chi connectivity index (χ0) is 14.2. The lowest BCUT2D eigenvalue weighted by molar-refractivity contribution is 0.312. The van der Waals surface area contributed by atoms with Crippen molar-refractivity contribution in [1.82, 2.24) is 20.7 Å². The highest BCUT2D eigenvalue weighted by atomic mass is 15.6. The van der Waals surface area contributed by atoms with Crippen molar-refractivity contribution in [3.05, 3.63) is 23.9 Å². The highest BCUT2D eigenvalue weighted by Gasteiger charge is 2.31. The second-order valence-electron chi connectivity index (χ2n) is 5.21. The van der Waals surface area contributed by atoms with E-state index in [1.54, 1.807) is 6.20 Å². The lowest BCUT2D eigenvalue weighted by atomic mass is 10.1. The van der Waals surface area contributed by atoms with Gasteiger partial charge in [0.25, 0.3) is 0 Å². The molecule has 0 saturated carbocycles. The molecule has 20 heavy (non-hydrogen) atoms. The summed E-state index contributed by atoms with van der Waals surface area (Å²) < 4.78 is 0. The number of hydrazine groups is 1. The number of guanidine groups is 1. The largest absolute Gasteiger partial charge is 0.369 e. The second-order valence-corrected chi connectivity index (χ2v) is 5.21. The van der Waals surface area contributed by atoms with Crippen LogP contribution in [0, 0.1) is 0 Å². The molecule has 1 saturated heterocycles. The molecule has 2 aliphatic rings. The molecule has 0 aliphatic carbocycles. The predicted molar refractivity (Wildman–Crippen MR) is 77.7 cm³/mol. The average Bonchev–Trinajstić information content (AvgIpc) is 2.81. The summed E-state index contributed by atoms with van der Waals surface area (Å²) in [5.74, 6) is 0.196. The van der Waals surface area contributed by atoms with Crippen molar-refractivity contribution in [3.8, 4) is 0 Å². The van der Waals surface area contributed by atoms with Crippen molar-refractivity contribution >= 4 is 11.8 Å². The van der Waals surface area contributed by atoms with Crippen molar-refractivity contribution in [2.45, 2.75) is 5.79 Å². The van der Waals surface area contributed by atoms with E-state index in [-0.39, 0.29) is 5.96 Å². The number of anilines is 1. The predicted octanol–water partition coefficient (Wildman–Crippen LogP) is -1.68. The highest BCUT2D eigenvalue weighted by Crippen LogP contribution is 2.20. The quantitative estimate of drug-likeness (QED) is 0.511. The SMILES string of the molecule is CN1CCN(c2ccc(C3(N)N=C(N)NN3)cn2)CC1. The maximum absolute atomic E-state index is 6.12. The van der Waals surface area contributed by atoms with Crippen LogP contribution in [0.5, 0.6) is 0 Å².